The number of hydrogen-bond acceptors (Lipinski definition) is 1. The third kappa shape index (κ3) is 1.78. The lowest BCUT2D eigenvalue weighted by Crippen LogP contribution is -2.14. The van der Waals surface area contributed by atoms with Gasteiger partial charge >= 0.3 is 0 Å². The van der Waals surface area contributed by atoms with Crippen molar-refractivity contribution in [3.63, 3.8) is 0 Å². The molecule has 0 aromatic rings. The topological polar surface area (TPSA) is 9.23 Å². The fourth-order valence-corrected chi connectivity index (χ4v) is 0.571. The van der Waals surface area contributed by atoms with Crippen molar-refractivity contribution in [1.82, 2.24) is 0 Å². The molecule has 0 aromatic carbocycles. The minimum atomic E-state index is -2.01. The largest absolute Gasteiger partial charge is 0.381 e. The summed E-state index contributed by atoms with van der Waals surface area (Å²) in [5, 5.41) is 0. The van der Waals surface area contributed by atoms with Gasteiger partial charge < -0.3 is 4.74 Å². The highest BCUT2D eigenvalue weighted by atomic mass is 79.9. The summed E-state index contributed by atoms with van der Waals surface area (Å²) >= 11 is 2.77. The third-order valence-corrected chi connectivity index (χ3v) is 1.22. The van der Waals surface area contributed by atoms with Crippen LogP contribution in [0.5, 0.6) is 0 Å². The van der Waals surface area contributed by atoms with E-state index in [1.54, 1.807) is 0 Å². The van der Waals surface area contributed by atoms with Crippen LogP contribution >= 0.6 is 15.9 Å². The van der Waals surface area contributed by atoms with Crippen LogP contribution in [0.4, 0.5) is 0 Å². The molecule has 1 fully saturated rings. The van der Waals surface area contributed by atoms with Crippen molar-refractivity contribution in [2.75, 3.05) is 13.2 Å². The zero-order valence-electron chi connectivity index (χ0n) is 8.70. The van der Waals surface area contributed by atoms with Gasteiger partial charge in [-0.2, -0.15) is 0 Å². The predicted octanol–water partition coefficient (Wildman–Crippen LogP) is 1.56. The summed E-state index contributed by atoms with van der Waals surface area (Å²) in [4.78, 5) is -1.93. The van der Waals surface area contributed by atoms with Crippen LogP contribution in [0, 0.1) is 0 Å². The SMILES string of the molecule is [2H]C1([2H])COCC([2H])([2H])C1([2H])Br. The zero-order chi connectivity index (χ0) is 9.62. The van der Waals surface area contributed by atoms with Crippen molar-refractivity contribution < 1.29 is 11.6 Å². The number of halogens is 1. The smallest absolute Gasteiger partial charge is 0.0476 e. The van der Waals surface area contributed by atoms with E-state index in [1.807, 2.05) is 0 Å². The van der Waals surface area contributed by atoms with Crippen molar-refractivity contribution in [1.29, 1.82) is 0 Å². The predicted molar refractivity (Wildman–Crippen MR) is 32.8 cm³/mol. The van der Waals surface area contributed by atoms with Crippen LogP contribution in [0.15, 0.2) is 0 Å². The highest BCUT2D eigenvalue weighted by Crippen LogP contribution is 2.13. The summed E-state index contributed by atoms with van der Waals surface area (Å²) in [5.74, 6) is 0. The molecule has 0 saturated carbocycles. The molecule has 42 valence electrons. The molecule has 1 heterocycles. The monoisotopic (exact) mass is 169 g/mol. The molecule has 1 rings (SSSR count). The first kappa shape index (κ1) is 1.99. The lowest BCUT2D eigenvalue weighted by molar-refractivity contribution is 0.101. The molecule has 2 heteroatoms. The first-order chi connectivity index (χ1) is 5.21. The standard InChI is InChI=1S/C5H9BrO/c6-5-1-3-7-4-2-5/h5H,1-4H2/i1D2,2D2,5D. The molecule has 1 saturated heterocycles. The van der Waals surface area contributed by atoms with Gasteiger partial charge in [0.1, 0.15) is 0 Å². The van der Waals surface area contributed by atoms with Crippen LogP contribution in [-0.2, 0) is 4.74 Å². The molecule has 0 aliphatic carbocycles. The first-order valence-corrected chi connectivity index (χ1v) is 2.77. The van der Waals surface area contributed by atoms with Crippen LogP contribution in [0.1, 0.15) is 19.6 Å². The Morgan fingerprint density at radius 1 is 1.71 bits per heavy atom. The lowest BCUT2D eigenvalue weighted by atomic mass is 10.2. The fourth-order valence-electron chi connectivity index (χ4n) is 0.342. The van der Waals surface area contributed by atoms with Gasteiger partial charge in [-0.15, -0.1) is 0 Å². The van der Waals surface area contributed by atoms with Gasteiger partial charge in [0.25, 0.3) is 0 Å². The average Bonchev–Trinajstić information content (AvgIpc) is 1.83. The number of ether oxygens (including phenoxy) is 1. The van der Waals surface area contributed by atoms with E-state index in [0.29, 0.717) is 0 Å². The normalized spacial score (nSPS) is 54.7. The number of hydrogen-bond donors (Lipinski definition) is 0. The van der Waals surface area contributed by atoms with Gasteiger partial charge in [0.05, 0.1) is 0 Å². The van der Waals surface area contributed by atoms with Crippen molar-refractivity contribution in [2.45, 2.75) is 17.5 Å². The Morgan fingerprint density at radius 3 is 2.71 bits per heavy atom. The van der Waals surface area contributed by atoms with Gasteiger partial charge in [0, 0.05) is 24.9 Å². The molecular formula is C5H9BrO. The average molecular weight is 170 g/mol. The van der Waals surface area contributed by atoms with Crippen LogP contribution in [0.3, 0.4) is 0 Å². The molecule has 0 bridgehead atoms. The third-order valence-electron chi connectivity index (χ3n) is 0.659. The maximum absolute atomic E-state index is 7.52. The maximum atomic E-state index is 7.52. The van der Waals surface area contributed by atoms with E-state index in [-0.39, 0.29) is 13.2 Å². The minimum Gasteiger partial charge on any atom is -0.381 e. The molecule has 7 heavy (non-hydrogen) atoms. The van der Waals surface area contributed by atoms with Crippen molar-refractivity contribution in [2.24, 2.45) is 0 Å². The number of alkyl halides is 1. The van der Waals surface area contributed by atoms with Crippen LogP contribution < -0.4 is 0 Å². The van der Waals surface area contributed by atoms with Crippen LogP contribution in [-0.4, -0.2) is 18.0 Å². The quantitative estimate of drug-likeness (QED) is 0.501. The van der Waals surface area contributed by atoms with Gasteiger partial charge in [-0.25, -0.2) is 0 Å². The van der Waals surface area contributed by atoms with E-state index in [9.17, 15) is 0 Å². The number of rotatable bonds is 0. The summed E-state index contributed by atoms with van der Waals surface area (Å²) in [6, 6.07) is 0. The van der Waals surface area contributed by atoms with Gasteiger partial charge in [0.2, 0.25) is 0 Å². The van der Waals surface area contributed by atoms with E-state index >= 15 is 0 Å². The minimum absolute atomic E-state index is 0.249. The second kappa shape index (κ2) is 2.68. The molecule has 0 spiro atoms. The van der Waals surface area contributed by atoms with E-state index < -0.39 is 17.5 Å². The molecule has 0 atom stereocenters. The summed E-state index contributed by atoms with van der Waals surface area (Å²) < 4.78 is 41.7. The Labute approximate surface area is 59.2 Å². The van der Waals surface area contributed by atoms with E-state index in [0.717, 1.165) is 0 Å². The molecular weight excluding hydrogens is 156 g/mol. The summed E-state index contributed by atoms with van der Waals surface area (Å²) in [6.07, 6.45) is -4.01. The summed E-state index contributed by atoms with van der Waals surface area (Å²) in [5.41, 5.74) is 0. The molecule has 1 aliphatic rings. The van der Waals surface area contributed by atoms with E-state index in [2.05, 4.69) is 15.9 Å². The van der Waals surface area contributed by atoms with E-state index in [1.165, 1.54) is 0 Å². The maximum Gasteiger partial charge on any atom is 0.0476 e. The Morgan fingerprint density at radius 2 is 2.29 bits per heavy atom. The zero-order valence-corrected chi connectivity index (χ0v) is 5.29. The molecule has 0 unspecified atom stereocenters. The molecule has 0 N–H and O–H groups in total. The van der Waals surface area contributed by atoms with Gasteiger partial charge in [-0.1, -0.05) is 15.9 Å². The Hall–Kier alpha value is 0.440. The Bertz CT molecular complexity index is 174. The molecule has 0 aromatic heterocycles. The van der Waals surface area contributed by atoms with Crippen molar-refractivity contribution in [3.05, 3.63) is 0 Å². The molecule has 0 amide bonds. The highest BCUT2D eigenvalue weighted by Gasteiger charge is 2.07. The highest BCUT2D eigenvalue weighted by molar-refractivity contribution is 9.09. The Balaban J connectivity index is 2.99. The Kier molecular flexibility index (Phi) is 0.762. The van der Waals surface area contributed by atoms with Crippen LogP contribution in [0.25, 0.3) is 0 Å². The lowest BCUT2D eigenvalue weighted by Gasteiger charge is -2.15. The van der Waals surface area contributed by atoms with Gasteiger partial charge in [-0.05, 0) is 12.7 Å². The fraction of sp³-hybridized carbons (Fsp3) is 1.00. The van der Waals surface area contributed by atoms with Gasteiger partial charge in [-0.3, -0.25) is 0 Å². The first-order valence-electron chi connectivity index (χ1n) is 4.47. The molecule has 1 aliphatic heterocycles. The summed E-state index contributed by atoms with van der Waals surface area (Å²) in [7, 11) is 0. The van der Waals surface area contributed by atoms with Gasteiger partial charge in [0.15, 0.2) is 0 Å². The van der Waals surface area contributed by atoms with Crippen molar-refractivity contribution in [3.8, 4) is 0 Å². The molecule has 0 radical (unpaired) electrons. The second-order valence-corrected chi connectivity index (χ2v) is 1.95. The molecule has 1 nitrogen and oxygen atoms in total. The van der Waals surface area contributed by atoms with E-state index in [4.69, 9.17) is 11.6 Å². The van der Waals surface area contributed by atoms with Crippen molar-refractivity contribution >= 4 is 15.9 Å². The summed E-state index contributed by atoms with van der Waals surface area (Å²) in [6.45, 7) is -0.498. The second-order valence-electron chi connectivity index (χ2n) is 1.16. The van der Waals surface area contributed by atoms with Crippen LogP contribution in [0.2, 0.25) is 0 Å².